The fourth-order valence-corrected chi connectivity index (χ4v) is 6.86. The Morgan fingerprint density at radius 2 is 1.02 bits per heavy atom. The van der Waals surface area contributed by atoms with Gasteiger partial charge >= 0.3 is 29.1 Å². The third kappa shape index (κ3) is 6.22. The van der Waals surface area contributed by atoms with E-state index in [2.05, 4.69) is 6.92 Å². The normalized spacial score (nSPS) is 21.3. The zero-order valence-electron chi connectivity index (χ0n) is 28.1. The zero-order chi connectivity index (χ0) is 34.1. The van der Waals surface area contributed by atoms with Crippen molar-refractivity contribution in [3.05, 3.63) is 31.5 Å². The molecule has 1 N–H and O–H groups in total. The zero-order valence-corrected chi connectivity index (χ0v) is 28.1. The lowest BCUT2D eigenvalue weighted by Gasteiger charge is -2.49. The van der Waals surface area contributed by atoms with Crippen molar-refractivity contribution in [3.63, 3.8) is 0 Å². The SMILES string of the molecule is CCCCC12N(CC)C(=O)N(COCCn3c(=O)n(CCO)c(=O)n(CCOC)c3=O)C1(CCCC)N(COC)C(=O)N2COC. The van der Waals surface area contributed by atoms with E-state index in [-0.39, 0.29) is 65.1 Å². The van der Waals surface area contributed by atoms with Gasteiger partial charge in [-0.05, 0) is 32.6 Å². The van der Waals surface area contributed by atoms with E-state index < -0.39 is 35.0 Å². The molecule has 17 nitrogen and oxygen atoms in total. The topological polar surface area (TPSA) is 170 Å². The Bertz CT molecular complexity index is 1360. The number of methoxy groups -OCH3 is 3. The van der Waals surface area contributed by atoms with Crippen LogP contribution < -0.4 is 17.1 Å². The smallest absolute Gasteiger partial charge is 0.336 e. The van der Waals surface area contributed by atoms with Crippen molar-refractivity contribution < 1.29 is 33.6 Å². The van der Waals surface area contributed by atoms with Gasteiger partial charge in [0.1, 0.15) is 20.2 Å². The van der Waals surface area contributed by atoms with Gasteiger partial charge in [-0.3, -0.25) is 19.6 Å². The monoisotopic (exact) mass is 657 g/mol. The van der Waals surface area contributed by atoms with Crippen molar-refractivity contribution in [1.82, 2.24) is 33.3 Å². The van der Waals surface area contributed by atoms with E-state index in [4.69, 9.17) is 18.9 Å². The minimum Gasteiger partial charge on any atom is -0.395 e. The Morgan fingerprint density at radius 1 is 0.587 bits per heavy atom. The second-order valence-electron chi connectivity index (χ2n) is 11.3. The van der Waals surface area contributed by atoms with Crippen molar-refractivity contribution in [2.75, 3.05) is 67.9 Å². The third-order valence-electron chi connectivity index (χ3n) is 8.85. The van der Waals surface area contributed by atoms with Crippen LogP contribution in [-0.2, 0) is 38.6 Å². The predicted molar refractivity (Wildman–Crippen MR) is 166 cm³/mol. The van der Waals surface area contributed by atoms with Gasteiger partial charge in [0.25, 0.3) is 0 Å². The second-order valence-corrected chi connectivity index (χ2v) is 11.3. The number of ether oxygens (including phenoxy) is 4. The highest BCUT2D eigenvalue weighted by molar-refractivity contribution is 5.88. The first-order valence-corrected chi connectivity index (χ1v) is 15.9. The van der Waals surface area contributed by atoms with Crippen LogP contribution in [0.3, 0.4) is 0 Å². The number of amides is 4. The highest BCUT2D eigenvalue weighted by atomic mass is 16.5. The van der Waals surface area contributed by atoms with E-state index >= 15 is 0 Å². The number of hydrogen-bond acceptors (Lipinski definition) is 10. The third-order valence-corrected chi connectivity index (χ3v) is 8.85. The quantitative estimate of drug-likeness (QED) is 0.181. The van der Waals surface area contributed by atoms with Crippen LogP contribution in [0.5, 0.6) is 0 Å². The average Bonchev–Trinajstić information content (AvgIpc) is 3.36. The Kier molecular flexibility index (Phi) is 13.4. The maximum Gasteiger partial charge on any atom is 0.336 e. The van der Waals surface area contributed by atoms with Gasteiger partial charge in [-0.25, -0.2) is 37.7 Å². The summed E-state index contributed by atoms with van der Waals surface area (Å²) in [6.45, 7) is 4.75. The summed E-state index contributed by atoms with van der Waals surface area (Å²) in [6, 6.07) is -0.638. The lowest BCUT2D eigenvalue weighted by atomic mass is 9.83. The summed E-state index contributed by atoms with van der Waals surface area (Å²) in [4.78, 5) is 74.0. The molecule has 2 unspecified atom stereocenters. The molecule has 3 heterocycles. The molecule has 4 amide bonds. The predicted octanol–water partition coefficient (Wildman–Crippen LogP) is 0.260. The van der Waals surface area contributed by atoms with Gasteiger partial charge in [0, 0.05) is 27.9 Å². The molecule has 262 valence electrons. The molecule has 2 aliphatic heterocycles. The van der Waals surface area contributed by atoms with Crippen LogP contribution in [0.1, 0.15) is 59.3 Å². The summed E-state index contributed by atoms with van der Waals surface area (Å²) >= 11 is 0. The number of aliphatic hydroxyl groups excluding tert-OH is 1. The van der Waals surface area contributed by atoms with E-state index in [0.717, 1.165) is 33.0 Å². The van der Waals surface area contributed by atoms with Crippen molar-refractivity contribution in [2.24, 2.45) is 0 Å². The second kappa shape index (κ2) is 16.5. The summed E-state index contributed by atoms with van der Waals surface area (Å²) in [5.74, 6) is 0. The molecule has 2 aliphatic rings. The number of aliphatic hydroxyl groups is 1. The van der Waals surface area contributed by atoms with Gasteiger partial charge in [-0.1, -0.05) is 26.7 Å². The Labute approximate surface area is 268 Å². The molecule has 1 aromatic heterocycles. The largest absolute Gasteiger partial charge is 0.395 e. The molecular formula is C29H51N7O10. The fraction of sp³-hybridized carbons (Fsp3) is 0.828. The number of hydrogen-bond donors (Lipinski definition) is 1. The molecule has 0 bridgehead atoms. The van der Waals surface area contributed by atoms with E-state index in [1.807, 2.05) is 13.8 Å². The molecule has 2 fully saturated rings. The fourth-order valence-electron chi connectivity index (χ4n) is 6.86. The van der Waals surface area contributed by atoms with Gasteiger partial charge in [-0.15, -0.1) is 0 Å². The van der Waals surface area contributed by atoms with Crippen molar-refractivity contribution >= 4 is 12.1 Å². The Morgan fingerprint density at radius 3 is 1.46 bits per heavy atom. The maximum atomic E-state index is 14.3. The van der Waals surface area contributed by atoms with Gasteiger partial charge < -0.3 is 24.1 Å². The number of rotatable bonds is 21. The summed E-state index contributed by atoms with van der Waals surface area (Å²) in [5.41, 5.74) is -4.80. The first-order chi connectivity index (χ1) is 22.1. The van der Waals surface area contributed by atoms with Crippen LogP contribution in [-0.4, -0.2) is 130 Å². The lowest BCUT2D eigenvalue weighted by Crippen LogP contribution is -2.68. The number of fused-ring (bicyclic) bond motifs is 1. The highest BCUT2D eigenvalue weighted by Crippen LogP contribution is 2.56. The van der Waals surface area contributed by atoms with Crippen LogP contribution in [0.25, 0.3) is 0 Å². The number of urea groups is 2. The Balaban J connectivity index is 2.05. The molecule has 1 aromatic rings. The minimum absolute atomic E-state index is 0.0308. The van der Waals surface area contributed by atoms with Crippen LogP contribution in [0, 0.1) is 0 Å². The van der Waals surface area contributed by atoms with Crippen molar-refractivity contribution in [1.29, 1.82) is 0 Å². The number of nitrogens with zero attached hydrogens (tertiary/aromatic N) is 7. The molecule has 2 saturated heterocycles. The van der Waals surface area contributed by atoms with Gasteiger partial charge in [0.2, 0.25) is 0 Å². The van der Waals surface area contributed by atoms with E-state index in [1.165, 1.54) is 21.3 Å². The van der Waals surface area contributed by atoms with Crippen LogP contribution in [0.4, 0.5) is 9.59 Å². The molecule has 3 rings (SSSR count). The molecule has 0 saturated carbocycles. The first-order valence-electron chi connectivity index (χ1n) is 15.9. The Hall–Kier alpha value is -3.25. The van der Waals surface area contributed by atoms with E-state index in [9.17, 15) is 29.1 Å². The van der Waals surface area contributed by atoms with Crippen molar-refractivity contribution in [3.8, 4) is 0 Å². The summed E-state index contributed by atoms with van der Waals surface area (Å²) in [6.07, 6.45) is 4.03. The average molecular weight is 658 g/mol. The summed E-state index contributed by atoms with van der Waals surface area (Å²) < 4.78 is 24.7. The molecule has 17 heteroatoms. The van der Waals surface area contributed by atoms with Crippen LogP contribution >= 0.6 is 0 Å². The highest BCUT2D eigenvalue weighted by Gasteiger charge is 2.77. The summed E-state index contributed by atoms with van der Waals surface area (Å²) in [5, 5.41) is 9.43. The molecule has 2 atom stereocenters. The van der Waals surface area contributed by atoms with E-state index in [0.29, 0.717) is 25.8 Å². The standard InChI is InChI=1S/C29H51N7O10/c1-7-10-12-28-29(13-11-8-2,35(21-45-6)27(42)34(28)20-44-5)36(26(41)33(28)9-3)22-46-19-16-32-24(39)30(14-17-37)23(38)31(25(32)40)15-18-43-4/h37H,7-22H2,1-6H3. The number of aromatic nitrogens is 3. The molecule has 46 heavy (non-hydrogen) atoms. The number of likely N-dealkylation sites (N-methyl/N-ethyl adjacent to an activating group) is 1. The molecule has 0 aliphatic carbocycles. The molecule has 0 radical (unpaired) electrons. The van der Waals surface area contributed by atoms with E-state index in [1.54, 1.807) is 19.6 Å². The minimum atomic E-state index is -1.17. The number of carbonyl (C=O) groups excluding carboxylic acids is 2. The van der Waals surface area contributed by atoms with Gasteiger partial charge in [0.05, 0.1) is 39.5 Å². The molecule has 0 aromatic carbocycles. The number of unbranched alkanes of at least 4 members (excludes halogenated alkanes) is 2. The first kappa shape index (κ1) is 37.2. The van der Waals surface area contributed by atoms with Gasteiger partial charge in [-0.2, -0.15) is 0 Å². The lowest BCUT2D eigenvalue weighted by molar-refractivity contribution is -0.132. The number of carbonyl (C=O) groups is 2. The summed E-state index contributed by atoms with van der Waals surface area (Å²) in [7, 11) is 4.43. The van der Waals surface area contributed by atoms with Crippen LogP contribution in [0.2, 0.25) is 0 Å². The van der Waals surface area contributed by atoms with Crippen molar-refractivity contribution in [2.45, 2.75) is 90.3 Å². The molecule has 0 spiro atoms. The van der Waals surface area contributed by atoms with Gasteiger partial charge in [0.15, 0.2) is 11.3 Å². The molecular weight excluding hydrogens is 606 g/mol. The van der Waals surface area contributed by atoms with Crippen LogP contribution in [0.15, 0.2) is 14.4 Å². The maximum absolute atomic E-state index is 14.3.